The number of anilines is 1. The number of ketones is 1. The van der Waals surface area contributed by atoms with E-state index in [0.717, 1.165) is 18.7 Å². The standard InChI is InChI=1S/C19H17NO6/c1-25-18(23)17(22)11-16(21)14-8-5-9-15(10-14)20-19(24)26-12-13-6-3-2-4-7-13/h2-11,21H,12H2,1H3,(H,20,24). The molecule has 0 spiro atoms. The number of nitrogens with one attached hydrogen (secondary N) is 1. The SMILES string of the molecule is COC(=O)C(=O)C=C(O)c1cccc(NC(=O)OCc2ccccc2)c1. The van der Waals surface area contributed by atoms with Crippen LogP contribution in [0.5, 0.6) is 0 Å². The first kappa shape index (κ1) is 18.7. The van der Waals surface area contributed by atoms with Crippen molar-refractivity contribution in [3.05, 3.63) is 71.8 Å². The summed E-state index contributed by atoms with van der Waals surface area (Å²) >= 11 is 0. The van der Waals surface area contributed by atoms with Crippen molar-refractivity contribution in [2.24, 2.45) is 0 Å². The normalized spacial score (nSPS) is 10.7. The van der Waals surface area contributed by atoms with Gasteiger partial charge in [0.2, 0.25) is 0 Å². The molecule has 134 valence electrons. The molecule has 0 atom stereocenters. The summed E-state index contributed by atoms with van der Waals surface area (Å²) in [5.41, 5.74) is 1.44. The average molecular weight is 355 g/mol. The van der Waals surface area contributed by atoms with Crippen molar-refractivity contribution in [2.75, 3.05) is 12.4 Å². The van der Waals surface area contributed by atoms with Gasteiger partial charge in [0.25, 0.3) is 5.78 Å². The second kappa shape index (κ2) is 9.03. The molecule has 0 saturated heterocycles. The molecule has 0 radical (unpaired) electrons. The van der Waals surface area contributed by atoms with Crippen LogP contribution in [-0.4, -0.2) is 30.1 Å². The van der Waals surface area contributed by atoms with E-state index >= 15 is 0 Å². The predicted molar refractivity (Wildman–Crippen MR) is 94.3 cm³/mol. The largest absolute Gasteiger partial charge is 0.507 e. The second-order valence-corrected chi connectivity index (χ2v) is 5.15. The fourth-order valence-corrected chi connectivity index (χ4v) is 2.00. The molecule has 0 aliphatic heterocycles. The van der Waals surface area contributed by atoms with Gasteiger partial charge >= 0.3 is 12.1 Å². The van der Waals surface area contributed by atoms with Crippen LogP contribution in [0.1, 0.15) is 11.1 Å². The lowest BCUT2D eigenvalue weighted by Crippen LogP contribution is -2.14. The summed E-state index contributed by atoms with van der Waals surface area (Å²) in [6.45, 7) is 0.116. The van der Waals surface area contributed by atoms with Gasteiger partial charge in [0, 0.05) is 17.3 Å². The van der Waals surface area contributed by atoms with Gasteiger partial charge in [-0.3, -0.25) is 10.1 Å². The summed E-state index contributed by atoms with van der Waals surface area (Å²) < 4.78 is 9.37. The number of ether oxygens (including phenoxy) is 2. The third kappa shape index (κ3) is 5.48. The van der Waals surface area contributed by atoms with Crippen LogP contribution in [0, 0.1) is 0 Å². The van der Waals surface area contributed by atoms with Crippen LogP contribution in [-0.2, 0) is 25.7 Å². The highest BCUT2D eigenvalue weighted by atomic mass is 16.5. The van der Waals surface area contributed by atoms with Crippen LogP contribution in [0.25, 0.3) is 5.76 Å². The van der Waals surface area contributed by atoms with Gasteiger partial charge in [-0.2, -0.15) is 0 Å². The van der Waals surface area contributed by atoms with Crippen LogP contribution >= 0.6 is 0 Å². The van der Waals surface area contributed by atoms with Gasteiger partial charge in [-0.15, -0.1) is 0 Å². The quantitative estimate of drug-likeness (QED) is 0.357. The maximum absolute atomic E-state index is 11.8. The lowest BCUT2D eigenvalue weighted by atomic mass is 10.1. The first-order valence-corrected chi connectivity index (χ1v) is 7.60. The van der Waals surface area contributed by atoms with Crippen molar-refractivity contribution in [1.29, 1.82) is 0 Å². The van der Waals surface area contributed by atoms with E-state index < -0.39 is 23.6 Å². The summed E-state index contributed by atoms with van der Waals surface area (Å²) in [4.78, 5) is 34.4. The number of aliphatic hydroxyl groups is 1. The van der Waals surface area contributed by atoms with Gasteiger partial charge in [-0.25, -0.2) is 9.59 Å². The number of hydrogen-bond acceptors (Lipinski definition) is 6. The number of aliphatic hydroxyl groups excluding tert-OH is 1. The zero-order valence-corrected chi connectivity index (χ0v) is 14.0. The van der Waals surface area contributed by atoms with E-state index in [2.05, 4.69) is 10.1 Å². The summed E-state index contributed by atoms with van der Waals surface area (Å²) in [7, 11) is 1.07. The number of benzene rings is 2. The Kier molecular flexibility index (Phi) is 6.50. The first-order chi connectivity index (χ1) is 12.5. The number of amides is 1. The molecule has 0 saturated carbocycles. The molecule has 0 aliphatic rings. The Morgan fingerprint density at radius 2 is 1.81 bits per heavy atom. The third-order valence-electron chi connectivity index (χ3n) is 3.27. The zero-order valence-electron chi connectivity index (χ0n) is 14.0. The van der Waals surface area contributed by atoms with Crippen molar-refractivity contribution in [1.82, 2.24) is 0 Å². The van der Waals surface area contributed by atoms with Gasteiger partial charge in [0.05, 0.1) is 7.11 Å². The molecule has 1 amide bonds. The number of esters is 1. The highest BCUT2D eigenvalue weighted by Gasteiger charge is 2.13. The Hall–Kier alpha value is -3.61. The fourth-order valence-electron chi connectivity index (χ4n) is 2.00. The molecular weight excluding hydrogens is 338 g/mol. The molecule has 2 aromatic rings. The van der Waals surface area contributed by atoms with E-state index in [1.54, 1.807) is 12.1 Å². The smallest absolute Gasteiger partial charge is 0.411 e. The Morgan fingerprint density at radius 3 is 2.50 bits per heavy atom. The summed E-state index contributed by atoms with van der Waals surface area (Å²) in [5, 5.41) is 12.5. The second-order valence-electron chi connectivity index (χ2n) is 5.15. The highest BCUT2D eigenvalue weighted by Crippen LogP contribution is 2.17. The molecule has 2 aromatic carbocycles. The fraction of sp³-hybridized carbons (Fsp3) is 0.105. The lowest BCUT2D eigenvalue weighted by molar-refractivity contribution is -0.149. The average Bonchev–Trinajstić information content (AvgIpc) is 2.66. The van der Waals surface area contributed by atoms with Crippen molar-refractivity contribution in [3.63, 3.8) is 0 Å². The topological polar surface area (TPSA) is 102 Å². The number of rotatable bonds is 6. The van der Waals surface area contributed by atoms with Crippen molar-refractivity contribution in [2.45, 2.75) is 6.61 Å². The van der Waals surface area contributed by atoms with Crippen LogP contribution in [0.15, 0.2) is 60.7 Å². The third-order valence-corrected chi connectivity index (χ3v) is 3.27. The molecule has 0 bridgehead atoms. The van der Waals surface area contributed by atoms with E-state index in [4.69, 9.17) is 4.74 Å². The van der Waals surface area contributed by atoms with Crippen LogP contribution in [0.4, 0.5) is 10.5 Å². The van der Waals surface area contributed by atoms with E-state index in [1.165, 1.54) is 12.1 Å². The molecule has 2 rings (SSSR count). The minimum absolute atomic E-state index is 0.116. The number of carbonyl (C=O) groups is 3. The Morgan fingerprint density at radius 1 is 1.08 bits per heavy atom. The van der Waals surface area contributed by atoms with E-state index in [9.17, 15) is 19.5 Å². The Labute approximate surface area is 149 Å². The molecule has 0 heterocycles. The lowest BCUT2D eigenvalue weighted by Gasteiger charge is -2.08. The summed E-state index contributed by atoms with van der Waals surface area (Å²) in [6, 6.07) is 15.3. The first-order valence-electron chi connectivity index (χ1n) is 7.60. The molecule has 0 aromatic heterocycles. The molecule has 0 unspecified atom stereocenters. The van der Waals surface area contributed by atoms with Crippen LogP contribution in [0.3, 0.4) is 0 Å². The van der Waals surface area contributed by atoms with Crippen molar-refractivity contribution < 1.29 is 29.0 Å². The van der Waals surface area contributed by atoms with Crippen LogP contribution in [0.2, 0.25) is 0 Å². The molecule has 7 nitrogen and oxygen atoms in total. The summed E-state index contributed by atoms with van der Waals surface area (Å²) in [6.07, 6.45) is 0.0821. The van der Waals surface area contributed by atoms with Crippen LogP contribution < -0.4 is 5.32 Å². The highest BCUT2D eigenvalue weighted by molar-refractivity contribution is 6.39. The minimum Gasteiger partial charge on any atom is -0.507 e. The van der Waals surface area contributed by atoms with Crippen molar-refractivity contribution in [3.8, 4) is 0 Å². The van der Waals surface area contributed by atoms with Gasteiger partial charge in [0.1, 0.15) is 12.4 Å². The zero-order chi connectivity index (χ0) is 18.9. The van der Waals surface area contributed by atoms with Gasteiger partial charge in [0.15, 0.2) is 0 Å². The van der Waals surface area contributed by atoms with E-state index in [-0.39, 0.29) is 12.2 Å². The molecule has 0 fully saturated rings. The predicted octanol–water partition coefficient (Wildman–Crippen LogP) is 3.08. The molecular formula is C19H17NO6. The monoisotopic (exact) mass is 355 g/mol. The molecule has 7 heteroatoms. The number of methoxy groups -OCH3 is 1. The Bertz CT molecular complexity index is 829. The Balaban J connectivity index is 2.00. The number of carbonyl (C=O) groups excluding carboxylic acids is 3. The van der Waals surface area contributed by atoms with E-state index in [0.29, 0.717) is 5.69 Å². The summed E-state index contributed by atoms with van der Waals surface area (Å²) in [5.74, 6) is -2.51. The molecule has 0 aliphatic carbocycles. The van der Waals surface area contributed by atoms with Gasteiger partial charge < -0.3 is 14.6 Å². The minimum atomic E-state index is -1.09. The maximum Gasteiger partial charge on any atom is 0.411 e. The van der Waals surface area contributed by atoms with E-state index in [1.807, 2.05) is 30.3 Å². The molecule has 2 N–H and O–H groups in total. The van der Waals surface area contributed by atoms with Gasteiger partial charge in [-0.1, -0.05) is 42.5 Å². The maximum atomic E-state index is 11.8. The van der Waals surface area contributed by atoms with Gasteiger partial charge in [-0.05, 0) is 17.7 Å². The number of hydrogen-bond donors (Lipinski definition) is 2. The molecule has 26 heavy (non-hydrogen) atoms. The van der Waals surface area contributed by atoms with Crippen molar-refractivity contribution >= 4 is 29.3 Å².